The van der Waals surface area contributed by atoms with Crippen LogP contribution in [0.5, 0.6) is 0 Å². The van der Waals surface area contributed by atoms with Gasteiger partial charge in [-0.1, -0.05) is 0 Å². The molecule has 1 aliphatic rings. The molecule has 4 rings (SSSR count). The second-order valence-corrected chi connectivity index (χ2v) is 7.22. The van der Waals surface area contributed by atoms with E-state index < -0.39 is 29.1 Å². The zero-order valence-corrected chi connectivity index (χ0v) is 16.9. The topological polar surface area (TPSA) is 97.4 Å². The first-order chi connectivity index (χ1) is 15.0. The zero-order valence-electron chi connectivity index (χ0n) is 16.9. The summed E-state index contributed by atoms with van der Waals surface area (Å²) in [7, 11) is 1.34. The van der Waals surface area contributed by atoms with Gasteiger partial charge in [-0.2, -0.15) is 13.2 Å². The smallest absolute Gasteiger partial charge is 0.369 e. The second kappa shape index (κ2) is 7.36. The van der Waals surface area contributed by atoms with Gasteiger partial charge in [0.1, 0.15) is 17.3 Å². The molecule has 1 aliphatic heterocycles. The van der Waals surface area contributed by atoms with Crippen molar-refractivity contribution in [3.05, 3.63) is 77.4 Å². The average molecular weight is 444 g/mol. The molecule has 0 bridgehead atoms. The predicted octanol–water partition coefficient (Wildman–Crippen LogP) is 3.04. The molecule has 1 aromatic carbocycles. The van der Waals surface area contributed by atoms with E-state index in [2.05, 4.69) is 19.9 Å². The number of aromatic nitrogens is 3. The van der Waals surface area contributed by atoms with E-state index >= 15 is 0 Å². The van der Waals surface area contributed by atoms with Gasteiger partial charge in [0.2, 0.25) is 0 Å². The lowest BCUT2D eigenvalue weighted by Crippen LogP contribution is -2.41. The molecule has 11 heteroatoms. The molecular weight excluding hydrogens is 428 g/mol. The van der Waals surface area contributed by atoms with Gasteiger partial charge in [0.25, 0.3) is 5.91 Å². The Kier molecular flexibility index (Phi) is 4.91. The van der Waals surface area contributed by atoms with E-state index in [1.54, 1.807) is 6.92 Å². The molecule has 32 heavy (non-hydrogen) atoms. The number of aryl methyl sites for hydroxylation is 1. The first kappa shape index (κ1) is 21.3. The molecule has 1 atom stereocenters. The van der Waals surface area contributed by atoms with E-state index in [9.17, 15) is 22.4 Å². The number of amides is 1. The summed E-state index contributed by atoms with van der Waals surface area (Å²) in [5.74, 6) is -1.17. The van der Waals surface area contributed by atoms with Crippen LogP contribution in [0.3, 0.4) is 0 Å². The minimum Gasteiger partial charge on any atom is -0.369 e. The number of carbonyl (C=O) groups excluding carboxylic acids is 1. The highest BCUT2D eigenvalue weighted by Gasteiger charge is 2.50. The predicted molar refractivity (Wildman–Crippen MR) is 107 cm³/mol. The largest absolute Gasteiger partial charge is 0.433 e. The normalized spacial score (nSPS) is 18.8. The molecule has 0 saturated carbocycles. The fraction of sp³-hybridized carbons (Fsp3) is 0.190. The second-order valence-electron chi connectivity index (χ2n) is 7.22. The van der Waals surface area contributed by atoms with Gasteiger partial charge in [-0.15, -0.1) is 0 Å². The van der Waals surface area contributed by atoms with Gasteiger partial charge in [0.15, 0.2) is 11.5 Å². The van der Waals surface area contributed by atoms with E-state index in [-0.39, 0.29) is 17.1 Å². The fourth-order valence-corrected chi connectivity index (χ4v) is 3.50. The maximum atomic E-state index is 14.7. The van der Waals surface area contributed by atoms with Gasteiger partial charge in [-0.05, 0) is 53.9 Å². The molecule has 0 saturated heterocycles. The Balaban J connectivity index is 1.98. The summed E-state index contributed by atoms with van der Waals surface area (Å²) in [6.45, 7) is 1.68. The Morgan fingerprint density at radius 2 is 1.69 bits per heavy atom. The number of halogens is 4. The number of hydrogen-bond donors (Lipinski definition) is 1. The summed E-state index contributed by atoms with van der Waals surface area (Å²) in [6.07, 6.45) is -0.887. The van der Waals surface area contributed by atoms with Crippen LogP contribution in [-0.2, 0) is 16.5 Å². The van der Waals surface area contributed by atoms with Crippen molar-refractivity contribution in [2.75, 3.05) is 7.05 Å². The summed E-state index contributed by atoms with van der Waals surface area (Å²) in [5.41, 5.74) is 3.24. The molecule has 3 aromatic rings. The SMILES string of the molecule is Cc1ncc(-c2cc(F)cc(C3(c4ccnc(C(F)(F)F)c4)N=C(N)N(C)C3=O)c2)cn1. The van der Waals surface area contributed by atoms with Gasteiger partial charge in [0.05, 0.1) is 0 Å². The molecule has 2 aromatic heterocycles. The van der Waals surface area contributed by atoms with Crippen LogP contribution >= 0.6 is 0 Å². The Morgan fingerprint density at radius 1 is 1.00 bits per heavy atom. The summed E-state index contributed by atoms with van der Waals surface area (Å²) >= 11 is 0. The van der Waals surface area contributed by atoms with Crippen molar-refractivity contribution in [2.24, 2.45) is 10.7 Å². The number of aliphatic imine (C=N–C) groups is 1. The summed E-state index contributed by atoms with van der Waals surface area (Å²) in [6, 6.07) is 5.64. The van der Waals surface area contributed by atoms with Crippen LogP contribution in [0.2, 0.25) is 0 Å². The van der Waals surface area contributed by atoms with E-state index in [0.717, 1.165) is 17.2 Å². The van der Waals surface area contributed by atoms with Gasteiger partial charge in [0, 0.05) is 31.2 Å². The summed E-state index contributed by atoms with van der Waals surface area (Å²) < 4.78 is 54.7. The number of alkyl halides is 3. The van der Waals surface area contributed by atoms with Crippen molar-refractivity contribution in [1.82, 2.24) is 19.9 Å². The quantitative estimate of drug-likeness (QED) is 0.627. The Labute approximate surface area is 179 Å². The van der Waals surface area contributed by atoms with Crippen molar-refractivity contribution in [3.8, 4) is 11.1 Å². The Bertz CT molecular complexity index is 1240. The number of pyridine rings is 1. The average Bonchev–Trinajstić information content (AvgIpc) is 2.98. The van der Waals surface area contributed by atoms with Crippen LogP contribution in [0.4, 0.5) is 17.6 Å². The molecule has 1 unspecified atom stereocenters. The number of likely N-dealkylation sites (N-methyl/N-ethyl adjacent to an activating group) is 1. The third-order valence-corrected chi connectivity index (χ3v) is 5.14. The highest BCUT2D eigenvalue weighted by atomic mass is 19.4. The third-order valence-electron chi connectivity index (χ3n) is 5.14. The van der Waals surface area contributed by atoms with Crippen LogP contribution in [0, 0.1) is 12.7 Å². The zero-order chi connectivity index (χ0) is 23.3. The molecule has 0 fully saturated rings. The summed E-state index contributed by atoms with van der Waals surface area (Å²) in [5, 5.41) is 0. The molecule has 0 aliphatic carbocycles. The molecule has 2 N–H and O–H groups in total. The van der Waals surface area contributed by atoms with Crippen molar-refractivity contribution < 1.29 is 22.4 Å². The lowest BCUT2D eigenvalue weighted by Gasteiger charge is -2.27. The Hall–Kier alpha value is -3.89. The fourth-order valence-electron chi connectivity index (χ4n) is 3.50. The number of nitrogens with zero attached hydrogens (tertiary/aromatic N) is 5. The molecule has 164 valence electrons. The van der Waals surface area contributed by atoms with E-state index in [1.807, 2.05) is 0 Å². The summed E-state index contributed by atoms with van der Waals surface area (Å²) in [4.78, 5) is 30.0. The number of rotatable bonds is 3. The number of carbonyl (C=O) groups is 1. The molecule has 7 nitrogen and oxygen atoms in total. The van der Waals surface area contributed by atoms with Crippen molar-refractivity contribution >= 4 is 11.9 Å². The van der Waals surface area contributed by atoms with Gasteiger partial charge < -0.3 is 5.73 Å². The minimum absolute atomic E-state index is 0.00435. The minimum atomic E-state index is -4.76. The standard InChI is InChI=1S/C21H16F4N6O/c1-11-28-9-13(10-29-11)12-5-15(7-16(22)6-12)20(18(32)31(2)19(26)30-20)14-3-4-27-17(8-14)21(23,24)25/h3-10H,1-2H3,(H2,26,30). The lowest BCUT2D eigenvalue weighted by molar-refractivity contribution is -0.141. The molecule has 0 radical (unpaired) electrons. The van der Waals surface area contributed by atoms with Crippen LogP contribution in [-0.4, -0.2) is 38.8 Å². The highest BCUT2D eigenvalue weighted by Crippen LogP contribution is 2.42. The Morgan fingerprint density at radius 3 is 2.28 bits per heavy atom. The number of benzene rings is 1. The highest BCUT2D eigenvalue weighted by molar-refractivity contribution is 6.09. The van der Waals surface area contributed by atoms with Crippen molar-refractivity contribution in [1.29, 1.82) is 0 Å². The molecule has 1 amide bonds. The van der Waals surface area contributed by atoms with Crippen LogP contribution in [0.1, 0.15) is 22.6 Å². The molecule has 3 heterocycles. The lowest BCUT2D eigenvalue weighted by atomic mass is 9.81. The number of guanidine groups is 1. The maximum Gasteiger partial charge on any atom is 0.433 e. The van der Waals surface area contributed by atoms with Crippen LogP contribution in [0.15, 0.2) is 53.9 Å². The van der Waals surface area contributed by atoms with Gasteiger partial charge in [-0.3, -0.25) is 14.7 Å². The molecule has 0 spiro atoms. The first-order valence-corrected chi connectivity index (χ1v) is 9.29. The van der Waals surface area contributed by atoms with Gasteiger partial charge >= 0.3 is 6.18 Å². The molecular formula is C21H16F4N6O. The number of hydrogen-bond acceptors (Lipinski definition) is 6. The van der Waals surface area contributed by atoms with Crippen LogP contribution < -0.4 is 5.73 Å². The first-order valence-electron chi connectivity index (χ1n) is 9.29. The van der Waals surface area contributed by atoms with E-state index in [0.29, 0.717) is 23.0 Å². The van der Waals surface area contributed by atoms with E-state index in [4.69, 9.17) is 5.73 Å². The van der Waals surface area contributed by atoms with Crippen molar-refractivity contribution in [2.45, 2.75) is 18.6 Å². The number of nitrogens with two attached hydrogens (primary N) is 1. The van der Waals surface area contributed by atoms with Crippen molar-refractivity contribution in [3.63, 3.8) is 0 Å². The third kappa shape index (κ3) is 3.45. The van der Waals surface area contributed by atoms with E-state index in [1.165, 1.54) is 37.6 Å². The van der Waals surface area contributed by atoms with Crippen LogP contribution in [0.25, 0.3) is 11.1 Å². The monoisotopic (exact) mass is 444 g/mol. The van der Waals surface area contributed by atoms with Gasteiger partial charge in [-0.25, -0.2) is 19.4 Å². The maximum absolute atomic E-state index is 14.7.